The molecule has 0 amide bonds. The van der Waals surface area contributed by atoms with Crippen molar-refractivity contribution in [1.82, 2.24) is 10.3 Å². The first-order valence-electron chi connectivity index (χ1n) is 6.66. The van der Waals surface area contributed by atoms with E-state index in [1.165, 1.54) is 36.4 Å². The van der Waals surface area contributed by atoms with Crippen molar-refractivity contribution in [3.63, 3.8) is 0 Å². The lowest BCUT2D eigenvalue weighted by Crippen LogP contribution is -2.34. The Morgan fingerprint density at radius 3 is 2.89 bits per heavy atom. The highest BCUT2D eigenvalue weighted by atomic mass is 32.2. The normalized spacial score (nSPS) is 22.1. The van der Waals surface area contributed by atoms with Crippen molar-refractivity contribution >= 4 is 28.3 Å². The molecule has 0 aromatic carbocycles. The largest absolute Gasteiger partial charge is 0.365 e. The van der Waals surface area contributed by atoms with E-state index in [1.54, 1.807) is 11.3 Å². The maximum absolute atomic E-state index is 4.74. The summed E-state index contributed by atoms with van der Waals surface area (Å²) in [7, 11) is 0. The van der Waals surface area contributed by atoms with E-state index < -0.39 is 0 Å². The highest BCUT2D eigenvalue weighted by Crippen LogP contribution is 2.43. The van der Waals surface area contributed by atoms with E-state index in [0.29, 0.717) is 5.41 Å². The van der Waals surface area contributed by atoms with Gasteiger partial charge >= 0.3 is 0 Å². The molecule has 1 aromatic heterocycles. The fraction of sp³-hybridized carbons (Fsp3) is 0.692. The summed E-state index contributed by atoms with van der Waals surface area (Å²) in [4.78, 5) is 9.02. The predicted octanol–water partition coefficient (Wildman–Crippen LogP) is 2.94. The molecule has 1 aromatic rings. The molecule has 5 heteroatoms. The number of hydrogen-bond acceptors (Lipinski definition) is 5. The van der Waals surface area contributed by atoms with Gasteiger partial charge in [0.15, 0.2) is 5.17 Å². The second kappa shape index (κ2) is 5.61. The molecule has 1 N–H and O–H groups in total. The van der Waals surface area contributed by atoms with Crippen molar-refractivity contribution in [2.24, 2.45) is 10.4 Å². The molecular weight excluding hydrogens is 262 g/mol. The monoisotopic (exact) mass is 281 g/mol. The quantitative estimate of drug-likeness (QED) is 0.925. The molecule has 0 atom stereocenters. The van der Waals surface area contributed by atoms with E-state index >= 15 is 0 Å². The molecule has 2 aliphatic rings. The summed E-state index contributed by atoms with van der Waals surface area (Å²) in [5.41, 5.74) is 0.547. The minimum atomic E-state index is 0.547. The Morgan fingerprint density at radius 2 is 2.22 bits per heavy atom. The van der Waals surface area contributed by atoms with Crippen LogP contribution in [0.1, 0.15) is 30.7 Å². The van der Waals surface area contributed by atoms with E-state index in [2.05, 4.69) is 10.3 Å². The van der Waals surface area contributed by atoms with E-state index in [-0.39, 0.29) is 0 Å². The summed E-state index contributed by atoms with van der Waals surface area (Å²) in [6.07, 6.45) is 8.46. The Bertz CT molecular complexity index is 408. The van der Waals surface area contributed by atoms with Crippen LogP contribution in [-0.2, 0) is 6.42 Å². The Labute approximate surface area is 116 Å². The minimum absolute atomic E-state index is 0.547. The van der Waals surface area contributed by atoms with Gasteiger partial charge in [0, 0.05) is 36.8 Å². The number of amidine groups is 1. The first-order valence-corrected chi connectivity index (χ1v) is 8.52. The summed E-state index contributed by atoms with van der Waals surface area (Å²) >= 11 is 3.65. The van der Waals surface area contributed by atoms with Gasteiger partial charge in [-0.1, -0.05) is 24.6 Å². The average molecular weight is 281 g/mol. The van der Waals surface area contributed by atoms with E-state index in [4.69, 9.17) is 4.99 Å². The number of rotatable bonds is 3. The van der Waals surface area contributed by atoms with Crippen LogP contribution in [0.2, 0.25) is 0 Å². The molecule has 2 heterocycles. The molecule has 0 bridgehead atoms. The van der Waals surface area contributed by atoms with Gasteiger partial charge in [0.1, 0.15) is 0 Å². The maximum atomic E-state index is 4.74. The zero-order valence-corrected chi connectivity index (χ0v) is 12.2. The fourth-order valence-corrected chi connectivity index (χ4v) is 4.54. The Hall–Kier alpha value is -0.550. The first kappa shape index (κ1) is 12.5. The van der Waals surface area contributed by atoms with Crippen LogP contribution in [0.4, 0.5) is 0 Å². The van der Waals surface area contributed by atoms with Gasteiger partial charge in [-0.3, -0.25) is 4.99 Å². The minimum Gasteiger partial charge on any atom is -0.365 e. The lowest BCUT2D eigenvalue weighted by Gasteiger charge is -2.31. The van der Waals surface area contributed by atoms with Crippen molar-refractivity contribution in [2.75, 3.05) is 18.8 Å². The average Bonchev–Trinajstić information content (AvgIpc) is 3.04. The Morgan fingerprint density at radius 1 is 1.33 bits per heavy atom. The second-order valence-corrected chi connectivity index (χ2v) is 7.16. The highest BCUT2D eigenvalue weighted by Gasteiger charge is 2.36. The Balaban J connectivity index is 1.45. The summed E-state index contributed by atoms with van der Waals surface area (Å²) in [5.74, 6) is 1.26. The molecular formula is C13H19N3S2. The van der Waals surface area contributed by atoms with Gasteiger partial charge in [-0.15, -0.1) is 11.3 Å². The Kier molecular flexibility index (Phi) is 3.89. The third-order valence-corrected chi connectivity index (χ3v) is 5.98. The van der Waals surface area contributed by atoms with Crippen LogP contribution < -0.4 is 5.32 Å². The molecule has 1 saturated carbocycles. The molecule has 1 fully saturated rings. The van der Waals surface area contributed by atoms with E-state index in [9.17, 15) is 0 Å². The molecule has 3 rings (SSSR count). The van der Waals surface area contributed by atoms with Crippen LogP contribution in [0.5, 0.6) is 0 Å². The molecule has 1 spiro atoms. The third kappa shape index (κ3) is 2.88. The van der Waals surface area contributed by atoms with Crippen molar-refractivity contribution in [2.45, 2.75) is 32.1 Å². The molecule has 18 heavy (non-hydrogen) atoms. The molecule has 1 aliphatic carbocycles. The number of aliphatic imine (C=N–C) groups is 1. The van der Waals surface area contributed by atoms with Crippen molar-refractivity contribution in [3.8, 4) is 0 Å². The maximum Gasteiger partial charge on any atom is 0.156 e. The summed E-state index contributed by atoms with van der Waals surface area (Å²) < 4.78 is 0. The zero-order chi connectivity index (χ0) is 12.3. The first-order chi connectivity index (χ1) is 8.86. The van der Waals surface area contributed by atoms with Crippen molar-refractivity contribution < 1.29 is 0 Å². The molecule has 3 nitrogen and oxygen atoms in total. The number of thioether (sulfide) groups is 1. The van der Waals surface area contributed by atoms with Crippen LogP contribution in [0.25, 0.3) is 0 Å². The predicted molar refractivity (Wildman–Crippen MR) is 79.5 cm³/mol. The SMILES string of the molecule is c1csc(CCNC2=NCC3(CCCC3)CS2)n1. The number of nitrogens with one attached hydrogen (secondary N) is 1. The van der Waals surface area contributed by atoms with Crippen LogP contribution in [0.3, 0.4) is 0 Å². The zero-order valence-electron chi connectivity index (χ0n) is 10.5. The van der Waals surface area contributed by atoms with Gasteiger partial charge in [0.05, 0.1) is 5.01 Å². The van der Waals surface area contributed by atoms with Gasteiger partial charge in [-0.2, -0.15) is 0 Å². The molecule has 0 radical (unpaired) electrons. The number of aromatic nitrogens is 1. The number of nitrogens with zero attached hydrogens (tertiary/aromatic N) is 2. The van der Waals surface area contributed by atoms with Gasteiger partial charge in [0.2, 0.25) is 0 Å². The summed E-state index contributed by atoms with van der Waals surface area (Å²) in [6.45, 7) is 1.99. The van der Waals surface area contributed by atoms with E-state index in [1.807, 2.05) is 23.3 Å². The van der Waals surface area contributed by atoms with Crippen LogP contribution in [0.15, 0.2) is 16.6 Å². The van der Waals surface area contributed by atoms with Crippen LogP contribution in [0, 0.1) is 5.41 Å². The van der Waals surface area contributed by atoms with Gasteiger partial charge in [0.25, 0.3) is 0 Å². The summed E-state index contributed by atoms with van der Waals surface area (Å²) in [5, 5.41) is 7.83. The molecule has 0 saturated heterocycles. The summed E-state index contributed by atoms with van der Waals surface area (Å²) in [6, 6.07) is 0. The van der Waals surface area contributed by atoms with Crippen LogP contribution in [-0.4, -0.2) is 29.0 Å². The molecule has 0 unspecified atom stereocenters. The molecule has 98 valence electrons. The smallest absolute Gasteiger partial charge is 0.156 e. The molecule has 1 aliphatic heterocycles. The van der Waals surface area contributed by atoms with E-state index in [0.717, 1.165) is 24.7 Å². The fourth-order valence-electron chi connectivity index (χ4n) is 2.74. The lowest BCUT2D eigenvalue weighted by molar-refractivity contribution is 0.358. The second-order valence-electron chi connectivity index (χ2n) is 5.22. The lowest BCUT2D eigenvalue weighted by atomic mass is 9.89. The topological polar surface area (TPSA) is 37.3 Å². The van der Waals surface area contributed by atoms with Crippen LogP contribution >= 0.6 is 23.1 Å². The van der Waals surface area contributed by atoms with Gasteiger partial charge in [-0.25, -0.2) is 4.98 Å². The van der Waals surface area contributed by atoms with Gasteiger partial charge in [-0.05, 0) is 18.3 Å². The van der Waals surface area contributed by atoms with Crippen molar-refractivity contribution in [3.05, 3.63) is 16.6 Å². The highest BCUT2D eigenvalue weighted by molar-refractivity contribution is 8.13. The third-order valence-electron chi connectivity index (χ3n) is 3.84. The number of hydrogen-bond donors (Lipinski definition) is 1. The van der Waals surface area contributed by atoms with Gasteiger partial charge < -0.3 is 5.32 Å². The van der Waals surface area contributed by atoms with Crippen molar-refractivity contribution in [1.29, 1.82) is 0 Å². The standard InChI is InChI=1S/C13H19N3S2/c1-2-5-13(4-1)9-16-12(18-10-13)15-6-3-11-14-7-8-17-11/h7-8H,1-6,9-10H2,(H,15,16). The number of thiazole rings is 1.